The summed E-state index contributed by atoms with van der Waals surface area (Å²) in [4.78, 5) is 2.22. The van der Waals surface area contributed by atoms with Crippen LogP contribution in [0.1, 0.15) is 26.2 Å². The van der Waals surface area contributed by atoms with Crippen molar-refractivity contribution < 1.29 is 13.2 Å². The topological polar surface area (TPSA) is 15.3 Å². The molecule has 1 saturated carbocycles. The van der Waals surface area contributed by atoms with Crippen LogP contribution in [0.15, 0.2) is 0 Å². The van der Waals surface area contributed by atoms with Crippen LogP contribution in [0.4, 0.5) is 13.2 Å². The lowest BCUT2D eigenvalue weighted by molar-refractivity contribution is -0.0329. The molecular formula is C12H21F3N2S. The molecule has 1 aliphatic carbocycles. The molecule has 0 aromatic carbocycles. The summed E-state index contributed by atoms with van der Waals surface area (Å²) >= 11 is 0.0992. The summed E-state index contributed by atoms with van der Waals surface area (Å²) in [6.07, 6.45) is 3.58. The molecule has 1 N–H and O–H groups in total. The number of hydrogen-bond acceptors (Lipinski definition) is 3. The largest absolute Gasteiger partial charge is 0.441 e. The normalized spacial score (nSPS) is 31.3. The van der Waals surface area contributed by atoms with E-state index in [-0.39, 0.29) is 17.5 Å². The van der Waals surface area contributed by atoms with E-state index in [4.69, 9.17) is 0 Å². The zero-order valence-electron chi connectivity index (χ0n) is 10.7. The fourth-order valence-corrected chi connectivity index (χ4v) is 3.12. The summed E-state index contributed by atoms with van der Waals surface area (Å²) in [7, 11) is 0. The lowest BCUT2D eigenvalue weighted by Crippen LogP contribution is -2.42. The first-order chi connectivity index (χ1) is 8.46. The first-order valence-corrected chi connectivity index (χ1v) is 7.62. The predicted octanol–water partition coefficient (Wildman–Crippen LogP) is 2.70. The van der Waals surface area contributed by atoms with E-state index in [0.29, 0.717) is 18.6 Å². The van der Waals surface area contributed by atoms with Gasteiger partial charge in [0.1, 0.15) is 0 Å². The minimum atomic E-state index is -4.09. The van der Waals surface area contributed by atoms with Gasteiger partial charge in [0, 0.05) is 30.9 Å². The van der Waals surface area contributed by atoms with Crippen LogP contribution in [-0.2, 0) is 0 Å². The molecule has 0 aromatic rings. The molecule has 18 heavy (non-hydrogen) atoms. The Morgan fingerprint density at radius 2 is 2.00 bits per heavy atom. The van der Waals surface area contributed by atoms with Gasteiger partial charge in [-0.3, -0.25) is 4.90 Å². The maximum Gasteiger partial charge on any atom is 0.441 e. The SMILES string of the molecule is CC1CCNC(C2CC2)CN1CCSC(F)(F)F. The molecular weight excluding hydrogens is 261 g/mol. The second kappa shape index (κ2) is 6.01. The molecule has 2 rings (SSSR count). The van der Waals surface area contributed by atoms with Gasteiger partial charge in [-0.05, 0) is 50.4 Å². The number of thioether (sulfide) groups is 1. The molecule has 0 radical (unpaired) electrons. The molecule has 2 unspecified atom stereocenters. The number of nitrogens with zero attached hydrogens (tertiary/aromatic N) is 1. The van der Waals surface area contributed by atoms with E-state index < -0.39 is 5.51 Å². The standard InChI is InChI=1S/C12H21F3N2S/c1-9-4-5-16-11(10-2-3-10)8-17(9)6-7-18-12(13,14)15/h9-11,16H,2-8H2,1H3. The van der Waals surface area contributed by atoms with Gasteiger partial charge in [0.05, 0.1) is 0 Å². The second-order valence-electron chi connectivity index (χ2n) is 5.32. The van der Waals surface area contributed by atoms with Gasteiger partial charge in [-0.25, -0.2) is 0 Å². The number of nitrogens with one attached hydrogen (secondary N) is 1. The quantitative estimate of drug-likeness (QED) is 0.853. The summed E-state index contributed by atoms with van der Waals surface area (Å²) in [5.41, 5.74) is -4.09. The molecule has 2 nitrogen and oxygen atoms in total. The highest BCUT2D eigenvalue weighted by molar-refractivity contribution is 8.00. The second-order valence-corrected chi connectivity index (χ2v) is 6.48. The van der Waals surface area contributed by atoms with Crippen LogP contribution in [0.3, 0.4) is 0 Å². The van der Waals surface area contributed by atoms with Crippen LogP contribution in [0.25, 0.3) is 0 Å². The minimum Gasteiger partial charge on any atom is -0.312 e. The van der Waals surface area contributed by atoms with E-state index in [1.807, 2.05) is 0 Å². The van der Waals surface area contributed by atoms with Gasteiger partial charge in [-0.15, -0.1) is 0 Å². The Morgan fingerprint density at radius 1 is 1.28 bits per heavy atom. The van der Waals surface area contributed by atoms with E-state index >= 15 is 0 Å². The van der Waals surface area contributed by atoms with Crippen molar-refractivity contribution in [2.45, 2.75) is 43.8 Å². The van der Waals surface area contributed by atoms with Gasteiger partial charge in [-0.2, -0.15) is 13.2 Å². The van der Waals surface area contributed by atoms with Crippen molar-refractivity contribution in [3.63, 3.8) is 0 Å². The Labute approximate surface area is 111 Å². The van der Waals surface area contributed by atoms with Gasteiger partial charge in [0.2, 0.25) is 0 Å². The lowest BCUT2D eigenvalue weighted by Gasteiger charge is -2.29. The van der Waals surface area contributed by atoms with Gasteiger partial charge < -0.3 is 5.32 Å². The Hall–Kier alpha value is 0.0600. The van der Waals surface area contributed by atoms with Crippen LogP contribution in [0, 0.1) is 5.92 Å². The number of halogens is 3. The van der Waals surface area contributed by atoms with E-state index in [9.17, 15) is 13.2 Å². The van der Waals surface area contributed by atoms with Crippen molar-refractivity contribution in [1.29, 1.82) is 0 Å². The summed E-state index contributed by atoms with van der Waals surface area (Å²) in [5, 5.41) is 3.54. The zero-order valence-corrected chi connectivity index (χ0v) is 11.5. The van der Waals surface area contributed by atoms with Crippen LogP contribution in [0.2, 0.25) is 0 Å². The number of rotatable bonds is 4. The van der Waals surface area contributed by atoms with Crippen molar-refractivity contribution in [1.82, 2.24) is 10.2 Å². The highest BCUT2D eigenvalue weighted by Crippen LogP contribution is 2.34. The molecule has 0 aromatic heterocycles. The monoisotopic (exact) mass is 282 g/mol. The minimum absolute atomic E-state index is 0.0992. The van der Waals surface area contributed by atoms with Crippen LogP contribution < -0.4 is 5.32 Å². The molecule has 0 spiro atoms. The Balaban J connectivity index is 1.79. The predicted molar refractivity (Wildman–Crippen MR) is 68.7 cm³/mol. The van der Waals surface area contributed by atoms with Crippen LogP contribution >= 0.6 is 11.8 Å². The maximum absolute atomic E-state index is 12.1. The van der Waals surface area contributed by atoms with E-state index in [1.54, 1.807) is 0 Å². The van der Waals surface area contributed by atoms with Gasteiger partial charge in [0.25, 0.3) is 0 Å². The first-order valence-electron chi connectivity index (χ1n) is 6.64. The van der Waals surface area contributed by atoms with Gasteiger partial charge >= 0.3 is 5.51 Å². The Morgan fingerprint density at radius 3 is 2.61 bits per heavy atom. The Bertz CT molecular complexity index is 269. The number of hydrogen-bond donors (Lipinski definition) is 1. The fourth-order valence-electron chi connectivity index (χ4n) is 2.56. The smallest absolute Gasteiger partial charge is 0.312 e. The van der Waals surface area contributed by atoms with E-state index in [0.717, 1.165) is 25.4 Å². The van der Waals surface area contributed by atoms with Gasteiger partial charge in [0.15, 0.2) is 0 Å². The summed E-state index contributed by atoms with van der Waals surface area (Å²) < 4.78 is 36.4. The highest BCUT2D eigenvalue weighted by Gasteiger charge is 2.35. The summed E-state index contributed by atoms with van der Waals surface area (Å²) in [5.74, 6) is 0.902. The molecule has 1 saturated heterocycles. The third kappa shape index (κ3) is 4.63. The average molecular weight is 282 g/mol. The van der Waals surface area contributed by atoms with Crippen LogP contribution in [-0.4, -0.2) is 47.9 Å². The van der Waals surface area contributed by atoms with E-state index in [2.05, 4.69) is 17.1 Å². The first kappa shape index (κ1) is 14.5. The van der Waals surface area contributed by atoms with E-state index in [1.165, 1.54) is 12.8 Å². The molecule has 6 heteroatoms. The summed E-state index contributed by atoms with van der Waals surface area (Å²) in [6, 6.07) is 0.876. The molecule has 1 heterocycles. The summed E-state index contributed by atoms with van der Waals surface area (Å²) in [6.45, 7) is 4.56. The molecule has 2 aliphatic rings. The fraction of sp³-hybridized carbons (Fsp3) is 1.00. The van der Waals surface area contributed by atoms with Crippen molar-refractivity contribution in [2.75, 3.05) is 25.4 Å². The molecule has 2 atom stereocenters. The number of alkyl halides is 3. The van der Waals surface area contributed by atoms with Crippen LogP contribution in [0.5, 0.6) is 0 Å². The molecule has 106 valence electrons. The van der Waals surface area contributed by atoms with Crippen molar-refractivity contribution in [3.05, 3.63) is 0 Å². The Kier molecular flexibility index (Phi) is 4.83. The van der Waals surface area contributed by atoms with Crippen molar-refractivity contribution in [3.8, 4) is 0 Å². The maximum atomic E-state index is 12.1. The molecule has 1 aliphatic heterocycles. The molecule has 0 amide bonds. The zero-order chi connectivity index (χ0) is 13.2. The van der Waals surface area contributed by atoms with Gasteiger partial charge in [-0.1, -0.05) is 0 Å². The molecule has 0 bridgehead atoms. The third-order valence-corrected chi connectivity index (χ3v) is 4.57. The third-order valence-electron chi connectivity index (χ3n) is 3.86. The molecule has 2 fully saturated rings. The average Bonchev–Trinajstić information content (AvgIpc) is 3.05. The van der Waals surface area contributed by atoms with Crippen molar-refractivity contribution >= 4 is 11.8 Å². The van der Waals surface area contributed by atoms with Crippen molar-refractivity contribution in [2.24, 2.45) is 5.92 Å². The highest BCUT2D eigenvalue weighted by atomic mass is 32.2. The lowest BCUT2D eigenvalue weighted by atomic mass is 10.1.